The predicted octanol–water partition coefficient (Wildman–Crippen LogP) is 5.74. The summed E-state index contributed by atoms with van der Waals surface area (Å²) >= 11 is 6.51. The summed E-state index contributed by atoms with van der Waals surface area (Å²) in [5.74, 6) is -1.27. The van der Waals surface area contributed by atoms with E-state index in [1.165, 1.54) is 28.8 Å². The number of nitro benzene ring substituents is 1. The van der Waals surface area contributed by atoms with Crippen LogP contribution in [0.15, 0.2) is 88.3 Å². The molecule has 4 aromatic rings. The zero-order chi connectivity index (χ0) is 27.0. The molecule has 2 heterocycles. The third-order valence-electron chi connectivity index (χ3n) is 6.16. The average molecular weight is 541 g/mol. The second kappa shape index (κ2) is 10.2. The maximum absolute atomic E-state index is 13.4. The largest absolute Gasteiger partial charge is 0.298 e. The normalized spacial score (nSPS) is 14.7. The van der Waals surface area contributed by atoms with Gasteiger partial charge in [-0.3, -0.25) is 34.9 Å². The lowest BCUT2D eigenvalue weighted by molar-refractivity contribution is -0.387. The Bertz CT molecular complexity index is 1690. The lowest BCUT2D eigenvalue weighted by Crippen LogP contribution is -2.54. The lowest BCUT2D eigenvalue weighted by Gasteiger charge is -2.29. The van der Waals surface area contributed by atoms with Crippen LogP contribution >= 0.6 is 24.0 Å². The number of pyridine rings is 1. The molecule has 1 N–H and O–H groups in total. The van der Waals surface area contributed by atoms with E-state index in [-0.39, 0.29) is 16.4 Å². The fourth-order valence-corrected chi connectivity index (χ4v) is 5.36. The van der Waals surface area contributed by atoms with Crippen molar-refractivity contribution in [3.8, 4) is 0 Å². The number of nitrogens with zero attached hydrogens (tertiary/aromatic N) is 3. The third-order valence-corrected chi connectivity index (χ3v) is 7.56. The van der Waals surface area contributed by atoms with Crippen LogP contribution in [-0.2, 0) is 9.59 Å². The van der Waals surface area contributed by atoms with E-state index in [1.807, 2.05) is 56.3 Å². The Morgan fingerprint density at radius 1 is 1.00 bits per heavy atom. The van der Waals surface area contributed by atoms with Crippen LogP contribution in [0.5, 0.6) is 0 Å². The van der Waals surface area contributed by atoms with Crippen LogP contribution in [0.4, 0.5) is 11.4 Å². The Hall–Kier alpha value is -4.41. The Morgan fingerprint density at radius 3 is 2.55 bits per heavy atom. The quantitative estimate of drug-likeness (QED) is 0.113. The van der Waals surface area contributed by atoms with E-state index >= 15 is 0 Å². The van der Waals surface area contributed by atoms with Crippen molar-refractivity contribution in [3.05, 3.63) is 105 Å². The Labute approximate surface area is 227 Å². The van der Waals surface area contributed by atoms with Crippen molar-refractivity contribution in [2.24, 2.45) is 0 Å². The summed E-state index contributed by atoms with van der Waals surface area (Å²) in [6.45, 7) is 3.87. The van der Waals surface area contributed by atoms with E-state index in [0.717, 1.165) is 26.9 Å². The van der Waals surface area contributed by atoms with Gasteiger partial charge in [-0.05, 0) is 79.2 Å². The molecule has 10 heteroatoms. The molecule has 1 fully saturated rings. The minimum absolute atomic E-state index is 0.0261. The number of hydrogen-bond donors (Lipinski definition) is 1. The number of amides is 2. The van der Waals surface area contributed by atoms with Gasteiger partial charge in [-0.25, -0.2) is 0 Å². The molecule has 3 aromatic carbocycles. The van der Waals surface area contributed by atoms with E-state index in [0.29, 0.717) is 16.1 Å². The number of benzene rings is 3. The highest BCUT2D eigenvalue weighted by Gasteiger charge is 2.34. The molecule has 0 saturated carbocycles. The first-order valence-electron chi connectivity index (χ1n) is 11.5. The summed E-state index contributed by atoms with van der Waals surface area (Å²) in [6.07, 6.45) is 3.02. The molecule has 0 radical (unpaired) electrons. The SMILES string of the molecule is Cc1ccc(N2C(=O)/C(=C/c3ccc(Sc4cccc5cccnc45)c([N+](=O)[O-])c3)C(=O)NC2=S)cc1C. The molecule has 1 saturated heterocycles. The highest BCUT2D eigenvalue weighted by Crippen LogP contribution is 2.38. The minimum atomic E-state index is -0.664. The van der Waals surface area contributed by atoms with Crippen LogP contribution in [0.2, 0.25) is 0 Å². The molecule has 0 unspecified atom stereocenters. The maximum atomic E-state index is 13.4. The van der Waals surface area contributed by atoms with Gasteiger partial charge >= 0.3 is 0 Å². The lowest BCUT2D eigenvalue weighted by atomic mass is 10.0. The number of nitrogens with one attached hydrogen (secondary N) is 1. The number of hydrogen-bond acceptors (Lipinski definition) is 7. The molecule has 8 nitrogen and oxygen atoms in total. The molecule has 1 aliphatic heterocycles. The van der Waals surface area contributed by atoms with Crippen LogP contribution < -0.4 is 10.2 Å². The number of aromatic nitrogens is 1. The molecule has 0 spiro atoms. The van der Waals surface area contributed by atoms with Crippen LogP contribution in [0, 0.1) is 24.0 Å². The number of para-hydroxylation sites is 1. The number of rotatable bonds is 5. The molecule has 5 rings (SSSR count). The summed E-state index contributed by atoms with van der Waals surface area (Å²) in [5, 5.41) is 15.4. The molecule has 0 bridgehead atoms. The maximum Gasteiger partial charge on any atom is 0.283 e. The highest BCUT2D eigenvalue weighted by atomic mass is 32.2. The Morgan fingerprint density at radius 2 is 1.79 bits per heavy atom. The summed E-state index contributed by atoms with van der Waals surface area (Å²) in [4.78, 5) is 44.4. The van der Waals surface area contributed by atoms with E-state index in [2.05, 4.69) is 10.3 Å². The van der Waals surface area contributed by atoms with Gasteiger partial charge in [-0.15, -0.1) is 0 Å². The van der Waals surface area contributed by atoms with Crippen molar-refractivity contribution in [2.75, 3.05) is 4.90 Å². The number of fused-ring (bicyclic) bond motifs is 1. The molecule has 188 valence electrons. The molecule has 1 aliphatic rings. The van der Waals surface area contributed by atoms with Crippen LogP contribution in [0.25, 0.3) is 17.0 Å². The number of aryl methyl sites for hydroxylation is 2. The van der Waals surface area contributed by atoms with E-state index in [4.69, 9.17) is 12.2 Å². The second-order valence-electron chi connectivity index (χ2n) is 8.64. The average Bonchev–Trinajstić information content (AvgIpc) is 2.89. The number of anilines is 1. The highest BCUT2D eigenvalue weighted by molar-refractivity contribution is 7.99. The van der Waals surface area contributed by atoms with Crippen molar-refractivity contribution in [1.29, 1.82) is 0 Å². The first-order valence-corrected chi connectivity index (χ1v) is 12.7. The van der Waals surface area contributed by atoms with Gasteiger partial charge in [0.05, 0.1) is 21.0 Å². The van der Waals surface area contributed by atoms with Gasteiger partial charge in [0.15, 0.2) is 5.11 Å². The second-order valence-corrected chi connectivity index (χ2v) is 10.1. The zero-order valence-electron chi connectivity index (χ0n) is 20.3. The topological polar surface area (TPSA) is 105 Å². The molecule has 1 aromatic heterocycles. The van der Waals surface area contributed by atoms with Crippen molar-refractivity contribution in [3.63, 3.8) is 0 Å². The van der Waals surface area contributed by atoms with Gasteiger partial charge < -0.3 is 0 Å². The number of nitro groups is 1. The van der Waals surface area contributed by atoms with E-state index in [1.54, 1.807) is 24.4 Å². The standard InChI is InChI=1S/C28H20N4O4S2/c1-16-8-10-20(13-17(16)2)31-27(34)21(26(33)30-28(31)37)14-18-9-11-23(22(15-18)32(35)36)38-24-7-3-5-19-6-4-12-29-25(19)24/h3-15H,1-2H3,(H,30,33,37)/b21-14+. The zero-order valence-corrected chi connectivity index (χ0v) is 21.9. The smallest absolute Gasteiger partial charge is 0.283 e. The first-order chi connectivity index (χ1) is 18.2. The first kappa shape index (κ1) is 25.2. The van der Waals surface area contributed by atoms with Crippen molar-refractivity contribution >= 4 is 69.3 Å². The van der Waals surface area contributed by atoms with E-state index in [9.17, 15) is 19.7 Å². The molecule has 0 aliphatic carbocycles. The number of carbonyl (C=O) groups excluding carboxylic acids is 2. The molecular weight excluding hydrogens is 520 g/mol. The van der Waals surface area contributed by atoms with Crippen LogP contribution in [-0.4, -0.2) is 26.8 Å². The number of carbonyl (C=O) groups is 2. The van der Waals surface area contributed by atoms with Gasteiger partial charge in [0.25, 0.3) is 17.5 Å². The van der Waals surface area contributed by atoms with Crippen molar-refractivity contribution in [1.82, 2.24) is 10.3 Å². The van der Waals surface area contributed by atoms with E-state index < -0.39 is 16.7 Å². The minimum Gasteiger partial charge on any atom is -0.298 e. The molecular formula is C28H20N4O4S2. The predicted molar refractivity (Wildman–Crippen MR) is 151 cm³/mol. The van der Waals surface area contributed by atoms with Crippen molar-refractivity contribution < 1.29 is 14.5 Å². The summed E-state index contributed by atoms with van der Waals surface area (Å²) < 4.78 is 0. The monoisotopic (exact) mass is 540 g/mol. The van der Waals surface area contributed by atoms with Gasteiger partial charge in [-0.1, -0.05) is 42.1 Å². The Kier molecular flexibility index (Phi) is 6.75. The number of thiocarbonyl (C=S) groups is 1. The summed E-state index contributed by atoms with van der Waals surface area (Å²) in [6, 6.07) is 19.4. The van der Waals surface area contributed by atoms with Crippen LogP contribution in [0.3, 0.4) is 0 Å². The molecule has 2 amide bonds. The third kappa shape index (κ3) is 4.79. The summed E-state index contributed by atoms with van der Waals surface area (Å²) in [5.41, 5.74) is 3.29. The fraction of sp³-hybridized carbons (Fsp3) is 0.0714. The Balaban J connectivity index is 1.51. The van der Waals surface area contributed by atoms with Gasteiger partial charge in [0.2, 0.25) is 0 Å². The van der Waals surface area contributed by atoms with Crippen molar-refractivity contribution in [2.45, 2.75) is 23.6 Å². The fourth-order valence-electron chi connectivity index (χ4n) is 4.05. The van der Waals surface area contributed by atoms with Gasteiger partial charge in [0.1, 0.15) is 5.57 Å². The van der Waals surface area contributed by atoms with Gasteiger partial charge in [0, 0.05) is 22.5 Å². The molecule has 38 heavy (non-hydrogen) atoms. The summed E-state index contributed by atoms with van der Waals surface area (Å²) in [7, 11) is 0. The van der Waals surface area contributed by atoms with Gasteiger partial charge in [-0.2, -0.15) is 0 Å². The van der Waals surface area contributed by atoms with Crippen LogP contribution in [0.1, 0.15) is 16.7 Å². The molecule has 0 atom stereocenters.